The molecule has 1 aliphatic heterocycles. The third kappa shape index (κ3) is 1.98. The predicted octanol–water partition coefficient (Wildman–Crippen LogP) is 0.788. The Morgan fingerprint density at radius 3 is 3.00 bits per heavy atom. The molecule has 0 radical (unpaired) electrons. The van der Waals surface area contributed by atoms with E-state index in [0.717, 1.165) is 12.8 Å². The number of ether oxygens (including phenoxy) is 1. The van der Waals surface area contributed by atoms with Crippen molar-refractivity contribution >= 4 is 0 Å². The van der Waals surface area contributed by atoms with Crippen LogP contribution in [0, 0.1) is 11.3 Å². The number of hydrogen-bond donors (Lipinski definition) is 1. The molecule has 1 aliphatic rings. The molecule has 1 fully saturated rings. The van der Waals surface area contributed by atoms with Gasteiger partial charge in [-0.05, 0) is 19.3 Å². The fraction of sp³-hybridized carbons (Fsp3) is 0.857. The summed E-state index contributed by atoms with van der Waals surface area (Å²) in [6, 6.07) is 2.02. The molecule has 0 bridgehead atoms. The fourth-order valence-corrected chi connectivity index (χ4v) is 1.13. The maximum Gasteiger partial charge on any atom is 0.154 e. The highest BCUT2D eigenvalue weighted by Crippen LogP contribution is 2.18. The van der Waals surface area contributed by atoms with Gasteiger partial charge in [0.15, 0.2) is 6.29 Å². The zero-order valence-electron chi connectivity index (χ0n) is 5.79. The number of aliphatic hydroxyl groups is 1. The van der Waals surface area contributed by atoms with E-state index in [9.17, 15) is 0 Å². The average Bonchev–Trinajstić information content (AvgIpc) is 1.88. The first kappa shape index (κ1) is 7.52. The summed E-state index contributed by atoms with van der Waals surface area (Å²) in [5, 5.41) is 17.3. The van der Waals surface area contributed by atoms with Crippen molar-refractivity contribution in [3.8, 4) is 6.07 Å². The highest BCUT2D eigenvalue weighted by Gasteiger charge is 2.19. The fourth-order valence-electron chi connectivity index (χ4n) is 1.13. The van der Waals surface area contributed by atoms with Crippen LogP contribution in [0.15, 0.2) is 0 Å². The molecule has 0 spiro atoms. The van der Waals surface area contributed by atoms with Gasteiger partial charge in [-0.1, -0.05) is 0 Å². The van der Waals surface area contributed by atoms with Crippen LogP contribution in [0.4, 0.5) is 0 Å². The lowest BCUT2D eigenvalue weighted by Crippen LogP contribution is -2.26. The third-order valence-electron chi connectivity index (χ3n) is 1.65. The standard InChI is InChI=1S/C7H11NO2/c8-5-4-6-2-1-3-7(9)10-6/h6-7,9H,1-4H2/t6-,7?/m0/s1. The molecule has 1 unspecified atom stereocenters. The Hall–Kier alpha value is -0.590. The SMILES string of the molecule is N#CC[C@@H]1CCCC(O)O1. The summed E-state index contributed by atoms with van der Waals surface area (Å²) < 4.78 is 5.06. The lowest BCUT2D eigenvalue weighted by atomic mass is 10.1. The van der Waals surface area contributed by atoms with Gasteiger partial charge in [-0.2, -0.15) is 5.26 Å². The molecule has 0 aromatic rings. The summed E-state index contributed by atoms with van der Waals surface area (Å²) in [5.74, 6) is 0. The maximum atomic E-state index is 8.97. The van der Waals surface area contributed by atoms with Crippen molar-refractivity contribution in [2.75, 3.05) is 0 Å². The third-order valence-corrected chi connectivity index (χ3v) is 1.65. The van der Waals surface area contributed by atoms with Crippen LogP contribution < -0.4 is 0 Å². The summed E-state index contributed by atoms with van der Waals surface area (Å²) >= 11 is 0. The second-order valence-electron chi connectivity index (χ2n) is 2.51. The summed E-state index contributed by atoms with van der Waals surface area (Å²) in [6.45, 7) is 0. The minimum atomic E-state index is -0.632. The van der Waals surface area contributed by atoms with Gasteiger partial charge in [0, 0.05) is 0 Å². The second-order valence-corrected chi connectivity index (χ2v) is 2.51. The van der Waals surface area contributed by atoms with Gasteiger partial charge in [-0.25, -0.2) is 0 Å². The van der Waals surface area contributed by atoms with Gasteiger partial charge in [0.2, 0.25) is 0 Å². The molecule has 3 nitrogen and oxygen atoms in total. The Morgan fingerprint density at radius 1 is 1.60 bits per heavy atom. The number of hydrogen-bond acceptors (Lipinski definition) is 3. The van der Waals surface area contributed by atoms with Crippen LogP contribution in [0.5, 0.6) is 0 Å². The zero-order chi connectivity index (χ0) is 7.40. The van der Waals surface area contributed by atoms with E-state index in [-0.39, 0.29) is 6.10 Å². The van der Waals surface area contributed by atoms with Crippen molar-refractivity contribution in [3.63, 3.8) is 0 Å². The molecule has 1 N–H and O–H groups in total. The first-order valence-electron chi connectivity index (χ1n) is 3.53. The molecular weight excluding hydrogens is 130 g/mol. The first-order valence-corrected chi connectivity index (χ1v) is 3.53. The molecule has 0 amide bonds. The van der Waals surface area contributed by atoms with Crippen LogP contribution in [0.1, 0.15) is 25.7 Å². The molecule has 1 saturated heterocycles. The lowest BCUT2D eigenvalue weighted by Gasteiger charge is -2.24. The normalized spacial score (nSPS) is 33.2. The van der Waals surface area contributed by atoms with Gasteiger partial charge in [-0.3, -0.25) is 0 Å². The molecule has 10 heavy (non-hydrogen) atoms. The van der Waals surface area contributed by atoms with Gasteiger partial charge in [-0.15, -0.1) is 0 Å². The summed E-state index contributed by atoms with van der Waals surface area (Å²) in [4.78, 5) is 0. The van der Waals surface area contributed by atoms with Crippen LogP contribution in [0.25, 0.3) is 0 Å². The number of rotatable bonds is 1. The van der Waals surface area contributed by atoms with E-state index in [1.807, 2.05) is 6.07 Å². The number of nitrogens with zero attached hydrogens (tertiary/aromatic N) is 1. The lowest BCUT2D eigenvalue weighted by molar-refractivity contribution is -0.160. The zero-order valence-corrected chi connectivity index (χ0v) is 5.79. The van der Waals surface area contributed by atoms with Gasteiger partial charge in [0.05, 0.1) is 18.6 Å². The van der Waals surface area contributed by atoms with Crippen LogP contribution in [-0.2, 0) is 4.74 Å². The van der Waals surface area contributed by atoms with Crippen molar-refractivity contribution in [2.24, 2.45) is 0 Å². The van der Waals surface area contributed by atoms with Gasteiger partial charge >= 0.3 is 0 Å². The van der Waals surface area contributed by atoms with Gasteiger partial charge in [0.1, 0.15) is 0 Å². The molecular formula is C7H11NO2. The van der Waals surface area contributed by atoms with E-state index >= 15 is 0 Å². The minimum absolute atomic E-state index is 0.0336. The van der Waals surface area contributed by atoms with Crippen LogP contribution in [-0.4, -0.2) is 17.5 Å². The number of nitriles is 1. The molecule has 0 aromatic carbocycles. The Bertz CT molecular complexity index is 141. The van der Waals surface area contributed by atoms with Crippen molar-refractivity contribution in [3.05, 3.63) is 0 Å². The summed E-state index contributed by atoms with van der Waals surface area (Å²) in [7, 11) is 0. The highest BCUT2D eigenvalue weighted by molar-refractivity contribution is 4.78. The van der Waals surface area contributed by atoms with E-state index < -0.39 is 6.29 Å². The molecule has 3 heteroatoms. The topological polar surface area (TPSA) is 53.2 Å². The smallest absolute Gasteiger partial charge is 0.154 e. The van der Waals surface area contributed by atoms with E-state index in [0.29, 0.717) is 12.8 Å². The van der Waals surface area contributed by atoms with Crippen LogP contribution in [0.2, 0.25) is 0 Å². The molecule has 0 aromatic heterocycles. The van der Waals surface area contributed by atoms with E-state index in [1.54, 1.807) is 0 Å². The van der Waals surface area contributed by atoms with E-state index in [2.05, 4.69) is 0 Å². The van der Waals surface area contributed by atoms with Crippen LogP contribution in [0.3, 0.4) is 0 Å². The van der Waals surface area contributed by atoms with Gasteiger partial charge in [0.25, 0.3) is 0 Å². The van der Waals surface area contributed by atoms with Crippen molar-refractivity contribution < 1.29 is 9.84 Å². The largest absolute Gasteiger partial charge is 0.368 e. The van der Waals surface area contributed by atoms with Crippen molar-refractivity contribution in [2.45, 2.75) is 38.1 Å². The van der Waals surface area contributed by atoms with Gasteiger partial charge < -0.3 is 9.84 Å². The second kappa shape index (κ2) is 3.55. The van der Waals surface area contributed by atoms with Crippen molar-refractivity contribution in [1.82, 2.24) is 0 Å². The van der Waals surface area contributed by atoms with E-state index in [4.69, 9.17) is 15.1 Å². The van der Waals surface area contributed by atoms with Crippen LogP contribution >= 0.6 is 0 Å². The molecule has 2 atom stereocenters. The number of aliphatic hydroxyl groups excluding tert-OH is 1. The monoisotopic (exact) mass is 141 g/mol. The Morgan fingerprint density at radius 2 is 2.40 bits per heavy atom. The Kier molecular flexibility index (Phi) is 2.67. The maximum absolute atomic E-state index is 8.97. The minimum Gasteiger partial charge on any atom is -0.368 e. The average molecular weight is 141 g/mol. The Balaban J connectivity index is 2.27. The highest BCUT2D eigenvalue weighted by atomic mass is 16.6. The van der Waals surface area contributed by atoms with E-state index in [1.165, 1.54) is 0 Å². The molecule has 56 valence electrons. The Labute approximate surface area is 60.2 Å². The summed E-state index contributed by atoms with van der Waals surface area (Å²) in [6.07, 6.45) is 2.32. The quantitative estimate of drug-likeness (QED) is 0.587. The molecule has 0 aliphatic carbocycles. The predicted molar refractivity (Wildman–Crippen MR) is 35.0 cm³/mol. The summed E-state index contributed by atoms with van der Waals surface area (Å²) in [5.41, 5.74) is 0. The first-order chi connectivity index (χ1) is 4.83. The molecule has 1 rings (SSSR count). The molecule has 0 saturated carbocycles. The van der Waals surface area contributed by atoms with Crippen molar-refractivity contribution in [1.29, 1.82) is 5.26 Å². The molecule has 1 heterocycles.